The van der Waals surface area contributed by atoms with E-state index in [0.717, 1.165) is 39.5 Å². The Kier molecular flexibility index (Phi) is 11.2. The van der Waals surface area contributed by atoms with E-state index in [1.165, 1.54) is 183 Å². The van der Waals surface area contributed by atoms with Gasteiger partial charge >= 0.3 is 0 Å². The minimum atomic E-state index is -0.701. The highest BCUT2D eigenvalue weighted by atomic mass is 15.2. The number of benzene rings is 17. The van der Waals surface area contributed by atoms with Crippen molar-refractivity contribution >= 4 is 79.0 Å². The lowest BCUT2D eigenvalue weighted by Crippen LogP contribution is -2.62. The first-order valence-corrected chi connectivity index (χ1v) is 38.4. The normalized spacial score (nSPS) is 15.0. The van der Waals surface area contributed by atoms with Gasteiger partial charge in [-0.25, -0.2) is 0 Å². The Morgan fingerprint density at radius 3 is 0.991 bits per heavy atom. The highest BCUT2D eigenvalue weighted by Gasteiger charge is 2.60. The second-order valence-corrected chi connectivity index (χ2v) is 31.0. The fourth-order valence-electron chi connectivity index (χ4n) is 23.0. The number of fused-ring (bicyclic) bond motifs is 39. The van der Waals surface area contributed by atoms with E-state index in [2.05, 4.69) is 390 Å². The summed E-state index contributed by atoms with van der Waals surface area (Å²) in [6, 6.07) is 146. The first-order valence-electron chi connectivity index (χ1n) is 38.4. The number of anilines is 6. The SMILES string of the molecule is c1ccc(-c2ccc(N3c4cc(-n5c6ccccc6c6ccccc65)cc5c4B(c4c3ccc3c4-c4ccccc4C34c3ccccc3-c3ccccc34)c3c(ccc4c3-c3ccccc3C43c4ccccc4-c4ccccc43)N5c3cccc4c3C3(c5ccccc5-c5ccccc53)c3ccccc3-4)cc2)cc1. The summed E-state index contributed by atoms with van der Waals surface area (Å²) in [5.74, 6) is 0. The molecule has 0 fully saturated rings. The highest BCUT2D eigenvalue weighted by Crippen LogP contribution is 2.69. The molecule has 1 aromatic heterocycles. The van der Waals surface area contributed by atoms with Crippen LogP contribution in [0.15, 0.2) is 376 Å². The highest BCUT2D eigenvalue weighted by molar-refractivity contribution is 7.02. The quantitative estimate of drug-likeness (QED) is 0.163. The summed E-state index contributed by atoms with van der Waals surface area (Å²) in [5, 5.41) is 2.44. The Morgan fingerprint density at radius 2 is 0.541 bits per heavy atom. The standard InChI is InChI=1S/C105H62BN3/c1-2-27-63(28-3-1)64-53-55-65(56-54-64)107-93-59-57-88-97(77-38-11-22-48-86(77)103(88)79-41-15-4-29-67(79)68-30-5-16-42-80(68)103)101(93)106-100-95(107)61-66(108-90-50-24-13-36-74(90)75-37-14-25-51-91(75)108)62-96(100)109(92-52-26-40-76-73-35-10-21-47-85(73)105(99(76)92)83-45-19-8-33-71(83)72-34-9-20-46-84(72)105)94-60-58-89-98(102(94)106)78-39-12-23-49-87(78)104(89)81-43-17-6-31-69(81)70-32-7-18-44-82(70)104/h1-62H. The largest absolute Gasteiger partial charge is 0.311 e. The summed E-state index contributed by atoms with van der Waals surface area (Å²) in [6.45, 7) is -0.357. The lowest BCUT2D eigenvalue weighted by atomic mass is 9.31. The van der Waals surface area contributed by atoms with Gasteiger partial charge in [-0.05, 0) is 210 Å². The number of nitrogens with zero attached hydrogens (tertiary/aromatic N) is 3. The molecule has 0 N–H and O–H groups in total. The molecule has 0 bridgehead atoms. The number of hydrogen-bond donors (Lipinski definition) is 0. The van der Waals surface area contributed by atoms with E-state index < -0.39 is 16.2 Å². The summed E-state index contributed by atoms with van der Waals surface area (Å²) >= 11 is 0. The molecular formula is C105H62BN3. The third kappa shape index (κ3) is 6.88. The third-order valence-corrected chi connectivity index (χ3v) is 26.6. The monoisotopic (exact) mass is 1380 g/mol. The minimum Gasteiger partial charge on any atom is -0.311 e. The van der Waals surface area contributed by atoms with Crippen LogP contribution in [-0.4, -0.2) is 11.3 Å². The minimum absolute atomic E-state index is 0.357. The molecule has 4 heteroatoms. The molecule has 0 atom stereocenters. The lowest BCUT2D eigenvalue weighted by Gasteiger charge is -2.47. The van der Waals surface area contributed by atoms with Crippen molar-refractivity contribution in [3.63, 3.8) is 0 Å². The van der Waals surface area contributed by atoms with Crippen molar-refractivity contribution in [1.82, 2.24) is 4.57 Å². The number of aromatic nitrogens is 1. The number of para-hydroxylation sites is 2. The maximum atomic E-state index is 2.81. The molecule has 3 spiro atoms. The van der Waals surface area contributed by atoms with Crippen molar-refractivity contribution in [2.24, 2.45) is 0 Å². The van der Waals surface area contributed by atoms with Gasteiger partial charge in [-0.1, -0.05) is 322 Å². The summed E-state index contributed by atoms with van der Waals surface area (Å²) in [4.78, 5) is 5.51. The van der Waals surface area contributed by atoms with E-state index in [4.69, 9.17) is 0 Å². The topological polar surface area (TPSA) is 11.4 Å². The van der Waals surface area contributed by atoms with Crippen LogP contribution in [0.1, 0.15) is 66.8 Å². The van der Waals surface area contributed by atoms with Crippen molar-refractivity contribution < 1.29 is 0 Å². The second kappa shape index (κ2) is 20.8. The van der Waals surface area contributed by atoms with Gasteiger partial charge in [0.1, 0.15) is 0 Å². The number of hydrogen-bond acceptors (Lipinski definition) is 2. The van der Waals surface area contributed by atoms with Crippen LogP contribution in [0.5, 0.6) is 0 Å². The van der Waals surface area contributed by atoms with Crippen LogP contribution in [-0.2, 0) is 16.2 Å². The van der Waals surface area contributed by atoms with Gasteiger partial charge in [0.2, 0.25) is 0 Å². The molecule has 0 amide bonds. The maximum absolute atomic E-state index is 2.81. The zero-order valence-corrected chi connectivity index (χ0v) is 59.2. The first-order chi connectivity index (χ1) is 54.1. The van der Waals surface area contributed by atoms with Crippen molar-refractivity contribution in [1.29, 1.82) is 0 Å². The van der Waals surface area contributed by atoms with Crippen LogP contribution in [0.25, 0.3) is 105 Å². The lowest BCUT2D eigenvalue weighted by molar-refractivity contribution is 0.792. The molecule has 109 heavy (non-hydrogen) atoms. The molecule has 2 aliphatic heterocycles. The molecule has 17 aromatic carbocycles. The number of rotatable bonds is 4. The van der Waals surface area contributed by atoms with E-state index >= 15 is 0 Å². The Bertz CT molecular complexity index is 6950. The molecule has 0 saturated carbocycles. The van der Waals surface area contributed by atoms with E-state index in [1.54, 1.807) is 0 Å². The van der Waals surface area contributed by atoms with Crippen LogP contribution in [0, 0.1) is 0 Å². The predicted molar refractivity (Wildman–Crippen MR) is 449 cm³/mol. The zero-order valence-electron chi connectivity index (χ0n) is 59.2. The van der Waals surface area contributed by atoms with Gasteiger partial charge in [-0.2, -0.15) is 0 Å². The summed E-state index contributed by atoms with van der Waals surface area (Å²) in [6.07, 6.45) is 0. The zero-order chi connectivity index (χ0) is 70.7. The Balaban J connectivity index is 0.875. The first kappa shape index (κ1) is 58.5. The third-order valence-electron chi connectivity index (χ3n) is 26.6. The van der Waals surface area contributed by atoms with Gasteiger partial charge in [0.15, 0.2) is 0 Å². The predicted octanol–water partition coefficient (Wildman–Crippen LogP) is 23.6. The average molecular weight is 1380 g/mol. The van der Waals surface area contributed by atoms with Crippen molar-refractivity contribution in [3.05, 3.63) is 443 Å². The van der Waals surface area contributed by atoms with Crippen LogP contribution >= 0.6 is 0 Å². The molecule has 0 saturated heterocycles. The molecule has 3 nitrogen and oxygen atoms in total. The molecule has 500 valence electrons. The van der Waals surface area contributed by atoms with Gasteiger partial charge in [0.25, 0.3) is 6.71 Å². The summed E-state index contributed by atoms with van der Waals surface area (Å²) < 4.78 is 2.57. The van der Waals surface area contributed by atoms with Crippen molar-refractivity contribution in [2.75, 3.05) is 9.80 Å². The molecule has 0 radical (unpaired) electrons. The van der Waals surface area contributed by atoms with E-state index in [-0.39, 0.29) is 6.71 Å². The smallest absolute Gasteiger partial charge is 0.253 e. The van der Waals surface area contributed by atoms with Gasteiger partial charge in [-0.15, -0.1) is 0 Å². The molecule has 3 heterocycles. The molecule has 18 aromatic rings. The molecule has 26 rings (SSSR count). The molecule has 0 unspecified atom stereocenters. The van der Waals surface area contributed by atoms with Crippen molar-refractivity contribution in [2.45, 2.75) is 16.2 Å². The Morgan fingerprint density at radius 1 is 0.202 bits per heavy atom. The van der Waals surface area contributed by atoms with Crippen LogP contribution < -0.4 is 26.2 Å². The van der Waals surface area contributed by atoms with E-state index in [9.17, 15) is 0 Å². The fourth-order valence-corrected chi connectivity index (χ4v) is 23.0. The summed E-state index contributed by atoms with van der Waals surface area (Å²) in [5.41, 5.74) is 45.8. The van der Waals surface area contributed by atoms with Crippen LogP contribution in [0.3, 0.4) is 0 Å². The van der Waals surface area contributed by atoms with Crippen LogP contribution in [0.4, 0.5) is 34.1 Å². The Labute approximate surface area is 631 Å². The van der Waals surface area contributed by atoms with Crippen LogP contribution in [0.2, 0.25) is 0 Å². The molecular weight excluding hydrogens is 1310 g/mol. The van der Waals surface area contributed by atoms with E-state index in [0.29, 0.717) is 0 Å². The fraction of sp³-hybridized carbons (Fsp3) is 0.0286. The van der Waals surface area contributed by atoms with Gasteiger partial charge in [0, 0.05) is 44.8 Å². The Hall–Kier alpha value is -13.8. The van der Waals surface area contributed by atoms with E-state index in [1.807, 2.05) is 0 Å². The summed E-state index contributed by atoms with van der Waals surface area (Å²) in [7, 11) is 0. The van der Waals surface area contributed by atoms with Gasteiger partial charge in [-0.3, -0.25) is 0 Å². The van der Waals surface area contributed by atoms with Crippen molar-refractivity contribution in [3.8, 4) is 83.6 Å². The van der Waals surface area contributed by atoms with Gasteiger partial charge < -0.3 is 14.4 Å². The second-order valence-electron chi connectivity index (χ2n) is 31.0. The molecule has 8 aliphatic rings. The average Bonchev–Trinajstić information content (AvgIpc) is 1.57. The molecule has 6 aliphatic carbocycles. The maximum Gasteiger partial charge on any atom is 0.253 e. The van der Waals surface area contributed by atoms with Gasteiger partial charge in [0.05, 0.1) is 38.7 Å².